The van der Waals surface area contributed by atoms with E-state index in [1.54, 1.807) is 6.07 Å². The first-order valence-corrected chi connectivity index (χ1v) is 5.81. The molecule has 1 aliphatic rings. The van der Waals surface area contributed by atoms with E-state index < -0.39 is 5.54 Å². The molecule has 16 heavy (non-hydrogen) atoms. The summed E-state index contributed by atoms with van der Waals surface area (Å²) in [7, 11) is 0. The van der Waals surface area contributed by atoms with E-state index in [2.05, 4.69) is 15.9 Å². The summed E-state index contributed by atoms with van der Waals surface area (Å²) in [5.41, 5.74) is 5.97. The summed E-state index contributed by atoms with van der Waals surface area (Å²) in [6.45, 7) is 4.64. The Morgan fingerprint density at radius 3 is 2.62 bits per heavy atom. The monoisotopic (exact) mass is 287 g/mol. The minimum atomic E-state index is -0.636. The van der Waals surface area contributed by atoms with E-state index in [1.807, 2.05) is 13.8 Å². The molecule has 0 saturated carbocycles. The molecule has 0 unspecified atom stereocenters. The van der Waals surface area contributed by atoms with Crippen LogP contribution < -0.4 is 15.2 Å². The summed E-state index contributed by atoms with van der Waals surface area (Å²) in [4.78, 5) is 0. The van der Waals surface area contributed by atoms with Crippen molar-refractivity contribution in [3.63, 3.8) is 0 Å². The number of phenols is 1. The van der Waals surface area contributed by atoms with Crippen LogP contribution in [0.5, 0.6) is 17.2 Å². The van der Waals surface area contributed by atoms with Crippen LogP contribution in [0.3, 0.4) is 0 Å². The lowest BCUT2D eigenvalue weighted by atomic mass is 9.94. The predicted octanol–water partition coefficient (Wildman–Crippen LogP) is 2.12. The zero-order valence-electron chi connectivity index (χ0n) is 9.21. The topological polar surface area (TPSA) is 64.7 Å². The van der Waals surface area contributed by atoms with Gasteiger partial charge < -0.3 is 20.3 Å². The third-order valence-electron chi connectivity index (χ3n) is 2.44. The van der Waals surface area contributed by atoms with Gasteiger partial charge in [0.05, 0.1) is 0 Å². The molecule has 1 aromatic carbocycles. The number of hydrogen-bond donors (Lipinski definition) is 2. The molecule has 0 atom stereocenters. The van der Waals surface area contributed by atoms with Gasteiger partial charge in [0.15, 0.2) is 11.5 Å². The number of phenolic OH excluding ortho intramolecular Hbond substituents is 1. The van der Waals surface area contributed by atoms with Gasteiger partial charge in [-0.05, 0) is 35.8 Å². The highest BCUT2D eigenvalue weighted by Gasteiger charge is 2.27. The lowest BCUT2D eigenvalue weighted by Gasteiger charge is -2.26. The quantitative estimate of drug-likeness (QED) is 0.830. The van der Waals surface area contributed by atoms with Crippen molar-refractivity contribution >= 4 is 15.9 Å². The first-order valence-electron chi connectivity index (χ1n) is 5.01. The maximum Gasteiger partial charge on any atom is 0.179 e. The van der Waals surface area contributed by atoms with E-state index in [1.165, 1.54) is 0 Å². The van der Waals surface area contributed by atoms with Crippen molar-refractivity contribution in [2.24, 2.45) is 5.73 Å². The Bertz CT molecular complexity index is 426. The number of aromatic hydroxyl groups is 1. The molecule has 0 spiro atoms. The Morgan fingerprint density at radius 1 is 1.38 bits per heavy atom. The zero-order valence-corrected chi connectivity index (χ0v) is 10.8. The van der Waals surface area contributed by atoms with Gasteiger partial charge in [-0.1, -0.05) is 0 Å². The standard InChI is InChI=1S/C11H14BrNO3/c1-11(2,13)6-5-7-10(8(12)9(6)14)16-4-3-15-7/h5,14H,3-4,13H2,1-2H3. The molecule has 0 radical (unpaired) electrons. The van der Waals surface area contributed by atoms with Gasteiger partial charge in [0.1, 0.15) is 23.4 Å². The minimum Gasteiger partial charge on any atom is -0.506 e. The zero-order chi connectivity index (χ0) is 11.9. The summed E-state index contributed by atoms with van der Waals surface area (Å²) in [6, 6.07) is 1.73. The smallest absolute Gasteiger partial charge is 0.179 e. The van der Waals surface area contributed by atoms with Crippen molar-refractivity contribution in [3.8, 4) is 17.2 Å². The highest BCUT2D eigenvalue weighted by molar-refractivity contribution is 9.10. The number of nitrogens with two attached hydrogens (primary N) is 1. The average molecular weight is 288 g/mol. The highest BCUT2D eigenvalue weighted by atomic mass is 79.9. The fraction of sp³-hybridized carbons (Fsp3) is 0.455. The Labute approximate surface area is 102 Å². The summed E-state index contributed by atoms with van der Waals surface area (Å²) in [5.74, 6) is 1.26. The molecule has 0 aromatic heterocycles. The van der Waals surface area contributed by atoms with E-state index in [9.17, 15) is 5.11 Å². The lowest BCUT2D eigenvalue weighted by molar-refractivity contribution is 0.169. The molecule has 1 aromatic rings. The summed E-state index contributed by atoms with van der Waals surface area (Å²) in [6.07, 6.45) is 0. The molecule has 0 aliphatic carbocycles. The van der Waals surface area contributed by atoms with Gasteiger partial charge in [0.25, 0.3) is 0 Å². The molecule has 88 valence electrons. The number of ether oxygens (including phenoxy) is 2. The van der Waals surface area contributed by atoms with Crippen LogP contribution in [0.4, 0.5) is 0 Å². The van der Waals surface area contributed by atoms with Crippen molar-refractivity contribution in [1.29, 1.82) is 0 Å². The number of halogens is 1. The van der Waals surface area contributed by atoms with E-state index in [0.717, 1.165) is 0 Å². The average Bonchev–Trinajstić information content (AvgIpc) is 2.22. The van der Waals surface area contributed by atoms with Gasteiger partial charge in [-0.15, -0.1) is 0 Å². The summed E-state index contributed by atoms with van der Waals surface area (Å²) < 4.78 is 11.4. The van der Waals surface area contributed by atoms with Crippen LogP contribution >= 0.6 is 15.9 Å². The molecule has 2 rings (SSSR count). The predicted molar refractivity (Wildman–Crippen MR) is 64.0 cm³/mol. The van der Waals surface area contributed by atoms with Crippen molar-refractivity contribution in [2.75, 3.05) is 13.2 Å². The number of benzene rings is 1. The van der Waals surface area contributed by atoms with Gasteiger partial charge >= 0.3 is 0 Å². The second kappa shape index (κ2) is 3.82. The van der Waals surface area contributed by atoms with Crippen LogP contribution in [-0.4, -0.2) is 18.3 Å². The molecule has 4 nitrogen and oxygen atoms in total. The largest absolute Gasteiger partial charge is 0.506 e. The maximum absolute atomic E-state index is 10.0. The number of rotatable bonds is 1. The molecule has 1 aliphatic heterocycles. The van der Waals surface area contributed by atoms with Crippen LogP contribution in [0.15, 0.2) is 10.5 Å². The molecular weight excluding hydrogens is 274 g/mol. The highest BCUT2D eigenvalue weighted by Crippen LogP contribution is 2.47. The van der Waals surface area contributed by atoms with Crippen molar-refractivity contribution in [1.82, 2.24) is 0 Å². The molecule has 0 bridgehead atoms. The summed E-state index contributed by atoms with van der Waals surface area (Å²) >= 11 is 3.30. The first kappa shape index (κ1) is 11.5. The van der Waals surface area contributed by atoms with Crippen LogP contribution in [0.25, 0.3) is 0 Å². The van der Waals surface area contributed by atoms with Gasteiger partial charge in [-0.3, -0.25) is 0 Å². The van der Waals surface area contributed by atoms with Gasteiger partial charge in [-0.25, -0.2) is 0 Å². The van der Waals surface area contributed by atoms with E-state index >= 15 is 0 Å². The van der Waals surface area contributed by atoms with E-state index in [-0.39, 0.29) is 5.75 Å². The second-order valence-corrected chi connectivity index (χ2v) is 5.13. The van der Waals surface area contributed by atoms with Crippen LogP contribution in [0.2, 0.25) is 0 Å². The normalized spacial score (nSPS) is 15.0. The fourth-order valence-electron chi connectivity index (χ4n) is 1.63. The summed E-state index contributed by atoms with van der Waals surface area (Å²) in [5, 5.41) is 10.0. The molecule has 0 saturated heterocycles. The molecule has 0 fully saturated rings. The Morgan fingerprint density at radius 2 is 2.00 bits per heavy atom. The lowest BCUT2D eigenvalue weighted by Crippen LogP contribution is -2.29. The number of fused-ring (bicyclic) bond motifs is 1. The van der Waals surface area contributed by atoms with Crippen molar-refractivity contribution in [2.45, 2.75) is 19.4 Å². The minimum absolute atomic E-state index is 0.108. The van der Waals surface area contributed by atoms with Gasteiger partial charge in [0, 0.05) is 11.1 Å². The fourth-order valence-corrected chi connectivity index (χ4v) is 2.15. The molecule has 1 heterocycles. The van der Waals surface area contributed by atoms with Crippen LogP contribution in [-0.2, 0) is 5.54 Å². The Hall–Kier alpha value is -0.940. The van der Waals surface area contributed by atoms with E-state index in [0.29, 0.717) is 34.7 Å². The maximum atomic E-state index is 10.0. The Kier molecular flexibility index (Phi) is 2.75. The van der Waals surface area contributed by atoms with Crippen molar-refractivity contribution in [3.05, 3.63) is 16.1 Å². The number of hydrogen-bond acceptors (Lipinski definition) is 4. The van der Waals surface area contributed by atoms with Crippen LogP contribution in [0.1, 0.15) is 19.4 Å². The first-order chi connectivity index (χ1) is 7.41. The second-order valence-electron chi connectivity index (χ2n) is 4.33. The van der Waals surface area contributed by atoms with E-state index in [4.69, 9.17) is 15.2 Å². The van der Waals surface area contributed by atoms with Gasteiger partial charge in [0.2, 0.25) is 0 Å². The SMILES string of the molecule is CC(C)(N)c1cc2c(c(Br)c1O)OCCO2. The molecular formula is C11H14BrNO3. The third kappa shape index (κ3) is 1.85. The van der Waals surface area contributed by atoms with Crippen LogP contribution in [0, 0.1) is 0 Å². The third-order valence-corrected chi connectivity index (χ3v) is 3.18. The molecule has 3 N–H and O–H groups in total. The molecule has 0 amide bonds. The van der Waals surface area contributed by atoms with Gasteiger partial charge in [-0.2, -0.15) is 0 Å². The van der Waals surface area contributed by atoms with Crippen molar-refractivity contribution < 1.29 is 14.6 Å². The molecule has 5 heteroatoms. The Balaban J connectivity index is 2.62.